The molecule has 3 aromatic rings. The molecule has 0 spiro atoms. The topological polar surface area (TPSA) is 73.3 Å². The fraction of sp³-hybridized carbons (Fsp3) is 0.273. The summed E-state index contributed by atoms with van der Waals surface area (Å²) in [6, 6.07) is 16.0. The van der Waals surface area contributed by atoms with Crippen molar-refractivity contribution in [1.29, 1.82) is 0 Å². The lowest BCUT2D eigenvalue weighted by Crippen LogP contribution is -1.99. The second kappa shape index (κ2) is 8.99. The number of aryl methyl sites for hydroxylation is 1. The van der Waals surface area contributed by atoms with E-state index < -0.39 is 0 Å². The molecule has 0 radical (unpaired) electrons. The molecule has 0 aliphatic heterocycles. The minimum absolute atomic E-state index is 0.250. The molecule has 1 amide bonds. The maximum absolute atomic E-state index is 11.9. The van der Waals surface area contributed by atoms with Crippen LogP contribution in [0.4, 0.5) is 0 Å². The van der Waals surface area contributed by atoms with Gasteiger partial charge in [0.25, 0.3) is 0 Å². The van der Waals surface area contributed by atoms with Gasteiger partial charge >= 0.3 is 5.63 Å². The van der Waals surface area contributed by atoms with Crippen molar-refractivity contribution >= 4 is 17.4 Å². The van der Waals surface area contributed by atoms with Gasteiger partial charge in [0, 0.05) is 17.0 Å². The van der Waals surface area contributed by atoms with Crippen LogP contribution in [0.15, 0.2) is 57.7 Å². The third-order valence-corrected chi connectivity index (χ3v) is 4.25. The highest BCUT2D eigenvalue weighted by atomic mass is 16.4. The maximum Gasteiger partial charge on any atom is 0.336 e. The average molecular weight is 351 g/mol. The molecule has 0 unspecified atom stereocenters. The molecule has 4 nitrogen and oxygen atoms in total. The molecule has 1 saturated carbocycles. The molecule has 2 N–H and O–H groups in total. The third kappa shape index (κ3) is 4.39. The first kappa shape index (κ1) is 19.4. The summed E-state index contributed by atoms with van der Waals surface area (Å²) < 4.78 is 5.43. The van der Waals surface area contributed by atoms with Crippen molar-refractivity contribution in [2.45, 2.75) is 39.5 Å². The number of carbonyl (C=O) groups excluding carboxylic acids is 1. The van der Waals surface area contributed by atoms with E-state index in [-0.39, 0.29) is 12.0 Å². The van der Waals surface area contributed by atoms with E-state index in [1.807, 2.05) is 32.0 Å². The number of fused-ring (bicyclic) bond motifs is 1. The number of amides is 1. The van der Waals surface area contributed by atoms with Crippen molar-refractivity contribution in [2.24, 2.45) is 5.73 Å². The average Bonchev–Trinajstić information content (AvgIpc) is 3.48. The Hall–Kier alpha value is -2.88. The van der Waals surface area contributed by atoms with Crippen LogP contribution in [0.25, 0.3) is 22.1 Å². The van der Waals surface area contributed by atoms with E-state index in [1.165, 1.54) is 18.4 Å². The summed E-state index contributed by atoms with van der Waals surface area (Å²) in [6.07, 6.45) is 2.74. The molecule has 0 bridgehead atoms. The Morgan fingerprint density at radius 1 is 1.04 bits per heavy atom. The number of nitrogens with two attached hydrogens (primary N) is 1. The van der Waals surface area contributed by atoms with Gasteiger partial charge in [0.1, 0.15) is 5.58 Å². The smallest absolute Gasteiger partial charge is 0.336 e. The molecule has 1 heterocycles. The summed E-state index contributed by atoms with van der Waals surface area (Å²) in [5.74, 6) is 0.654. The molecule has 0 saturated heterocycles. The van der Waals surface area contributed by atoms with Crippen LogP contribution in [0.5, 0.6) is 0 Å². The number of carbonyl (C=O) groups is 1. The van der Waals surface area contributed by atoms with Crippen LogP contribution in [0, 0.1) is 6.92 Å². The summed E-state index contributed by atoms with van der Waals surface area (Å²) in [7, 11) is 0. The predicted molar refractivity (Wildman–Crippen MR) is 106 cm³/mol. The van der Waals surface area contributed by atoms with Gasteiger partial charge in [0.05, 0.1) is 0 Å². The fourth-order valence-corrected chi connectivity index (χ4v) is 2.95. The first-order valence-electron chi connectivity index (χ1n) is 8.93. The number of hydrogen-bond donors (Lipinski definition) is 1. The molecule has 0 atom stereocenters. The zero-order chi connectivity index (χ0) is 19.1. The SMILES string of the molecule is CC.Cc1ccccc1-c1cc(=O)oc2cc(C3CC3)ccc12.NC=O. The molecule has 4 heteroatoms. The summed E-state index contributed by atoms with van der Waals surface area (Å²) in [5.41, 5.74) is 9.08. The van der Waals surface area contributed by atoms with Crippen molar-refractivity contribution in [3.63, 3.8) is 0 Å². The standard InChI is InChI=1S/C19H16O2.C2H6.CH3NO/c1-12-4-2-3-5-15(12)17-11-19(20)21-18-10-14(13-6-7-13)8-9-16(17)18;1-2;2-1-3/h2-5,8-11,13H,6-7H2,1H3;1-2H3;1H,(H2,2,3). The summed E-state index contributed by atoms with van der Waals surface area (Å²) in [5, 5.41) is 1.01. The number of hydrogen-bond acceptors (Lipinski definition) is 3. The molecule has 136 valence electrons. The van der Waals surface area contributed by atoms with Gasteiger partial charge in [0.15, 0.2) is 0 Å². The van der Waals surface area contributed by atoms with E-state index >= 15 is 0 Å². The van der Waals surface area contributed by atoms with Gasteiger partial charge in [0.2, 0.25) is 6.41 Å². The lowest BCUT2D eigenvalue weighted by molar-refractivity contribution is -0.106. The highest BCUT2D eigenvalue weighted by Gasteiger charge is 2.24. The van der Waals surface area contributed by atoms with Gasteiger partial charge in [-0.15, -0.1) is 0 Å². The molecular formula is C22H25NO3. The lowest BCUT2D eigenvalue weighted by Gasteiger charge is -2.09. The Balaban J connectivity index is 0.000000444. The second-order valence-corrected chi connectivity index (χ2v) is 5.96. The second-order valence-electron chi connectivity index (χ2n) is 5.96. The molecule has 1 aliphatic rings. The van der Waals surface area contributed by atoms with Crippen molar-refractivity contribution in [3.8, 4) is 11.1 Å². The van der Waals surface area contributed by atoms with E-state index in [4.69, 9.17) is 9.21 Å². The number of primary amides is 1. The lowest BCUT2D eigenvalue weighted by atomic mass is 9.97. The van der Waals surface area contributed by atoms with Crippen LogP contribution >= 0.6 is 0 Å². The van der Waals surface area contributed by atoms with Gasteiger partial charge in [-0.3, -0.25) is 4.79 Å². The van der Waals surface area contributed by atoms with Crippen molar-refractivity contribution < 1.29 is 9.21 Å². The van der Waals surface area contributed by atoms with Crippen molar-refractivity contribution in [2.75, 3.05) is 0 Å². The molecule has 4 rings (SSSR count). The molecule has 1 aliphatic carbocycles. The molecule has 26 heavy (non-hydrogen) atoms. The molecular weight excluding hydrogens is 326 g/mol. The van der Waals surface area contributed by atoms with Crippen LogP contribution < -0.4 is 11.4 Å². The van der Waals surface area contributed by atoms with Gasteiger partial charge in [-0.05, 0) is 48.4 Å². The van der Waals surface area contributed by atoms with Gasteiger partial charge < -0.3 is 10.2 Å². The Labute approximate surface area is 153 Å². The van der Waals surface area contributed by atoms with Crippen LogP contribution in [-0.4, -0.2) is 6.41 Å². The van der Waals surface area contributed by atoms with Gasteiger partial charge in [-0.1, -0.05) is 50.2 Å². The highest BCUT2D eigenvalue weighted by molar-refractivity contribution is 5.94. The molecule has 2 aromatic carbocycles. The van der Waals surface area contributed by atoms with Crippen LogP contribution in [0.2, 0.25) is 0 Å². The highest BCUT2D eigenvalue weighted by Crippen LogP contribution is 2.41. The number of benzene rings is 2. The van der Waals surface area contributed by atoms with E-state index in [9.17, 15) is 4.79 Å². The summed E-state index contributed by atoms with van der Waals surface area (Å²) >= 11 is 0. The molecule has 1 fully saturated rings. The number of rotatable bonds is 2. The Bertz CT molecular complexity index is 940. The summed E-state index contributed by atoms with van der Waals surface area (Å²) in [6.45, 7) is 6.06. The summed E-state index contributed by atoms with van der Waals surface area (Å²) in [4.78, 5) is 20.5. The van der Waals surface area contributed by atoms with Gasteiger partial charge in [-0.25, -0.2) is 4.79 Å². The minimum Gasteiger partial charge on any atom is -0.423 e. The minimum atomic E-state index is -0.284. The Morgan fingerprint density at radius 3 is 2.31 bits per heavy atom. The van der Waals surface area contributed by atoms with Crippen LogP contribution in [0.1, 0.15) is 43.7 Å². The quantitative estimate of drug-likeness (QED) is 0.534. The zero-order valence-corrected chi connectivity index (χ0v) is 15.5. The first-order valence-corrected chi connectivity index (χ1v) is 8.93. The van der Waals surface area contributed by atoms with E-state index in [0.717, 1.165) is 22.1 Å². The van der Waals surface area contributed by atoms with Crippen LogP contribution in [-0.2, 0) is 4.79 Å². The van der Waals surface area contributed by atoms with E-state index in [1.54, 1.807) is 6.07 Å². The van der Waals surface area contributed by atoms with Crippen molar-refractivity contribution in [3.05, 3.63) is 70.1 Å². The normalized spacial score (nSPS) is 12.4. The maximum atomic E-state index is 11.9. The van der Waals surface area contributed by atoms with Crippen LogP contribution in [0.3, 0.4) is 0 Å². The monoisotopic (exact) mass is 351 g/mol. The predicted octanol–water partition coefficient (Wildman–Crippen LogP) is 4.77. The van der Waals surface area contributed by atoms with Crippen molar-refractivity contribution in [1.82, 2.24) is 0 Å². The Morgan fingerprint density at radius 2 is 1.69 bits per heavy atom. The van der Waals surface area contributed by atoms with E-state index in [0.29, 0.717) is 11.5 Å². The van der Waals surface area contributed by atoms with Gasteiger partial charge in [-0.2, -0.15) is 0 Å². The third-order valence-electron chi connectivity index (χ3n) is 4.25. The Kier molecular flexibility index (Phi) is 6.73. The van der Waals surface area contributed by atoms with E-state index in [2.05, 4.69) is 36.9 Å². The molecule has 1 aromatic heterocycles. The first-order chi connectivity index (χ1) is 12.6. The largest absolute Gasteiger partial charge is 0.423 e. The fourth-order valence-electron chi connectivity index (χ4n) is 2.95. The zero-order valence-electron chi connectivity index (χ0n) is 15.5.